The summed E-state index contributed by atoms with van der Waals surface area (Å²) < 4.78 is 0. The third-order valence-corrected chi connectivity index (χ3v) is 6.76. The molecule has 0 unspecified atom stereocenters. The standard InChI is InChI=1S/C30H23Cl2N3O3S/c31-22-12-14-24(15-13-22)33-28(36)19-39-26-11-5-10-25(18-26)34-30(38)27(17-20-6-4-9-23(32)16-20)35-29(37)21-7-2-1-3-8-21/h1-18H,19H2,(H,33,36)(H,34,38)(H,35,37)/b27-17-. The van der Waals surface area contributed by atoms with E-state index in [2.05, 4.69) is 16.0 Å². The Labute approximate surface area is 240 Å². The molecule has 4 aromatic carbocycles. The second kappa shape index (κ2) is 13.7. The lowest BCUT2D eigenvalue weighted by Crippen LogP contribution is -2.30. The van der Waals surface area contributed by atoms with Gasteiger partial charge in [-0.25, -0.2) is 0 Å². The Morgan fingerprint density at radius 2 is 1.46 bits per heavy atom. The highest BCUT2D eigenvalue weighted by Gasteiger charge is 2.15. The Bertz CT molecular complexity index is 1510. The van der Waals surface area contributed by atoms with Gasteiger partial charge < -0.3 is 16.0 Å². The SMILES string of the molecule is O=C(CSc1cccc(NC(=O)/C(=C/c2cccc(Cl)c2)NC(=O)c2ccccc2)c1)Nc1ccc(Cl)cc1. The molecule has 0 radical (unpaired) electrons. The van der Waals surface area contributed by atoms with Gasteiger partial charge in [0, 0.05) is 31.9 Å². The predicted octanol–water partition coefficient (Wildman–Crippen LogP) is 7.13. The van der Waals surface area contributed by atoms with Crippen molar-refractivity contribution >= 4 is 70.1 Å². The summed E-state index contributed by atoms with van der Waals surface area (Å²) in [7, 11) is 0. The van der Waals surface area contributed by atoms with E-state index in [0.29, 0.717) is 32.5 Å². The molecule has 3 amide bonds. The number of amides is 3. The lowest BCUT2D eigenvalue weighted by molar-refractivity contribution is -0.114. The van der Waals surface area contributed by atoms with E-state index in [0.717, 1.165) is 4.90 Å². The average molecular weight is 577 g/mol. The third-order valence-electron chi connectivity index (χ3n) is 5.28. The van der Waals surface area contributed by atoms with E-state index in [1.807, 2.05) is 6.07 Å². The Balaban J connectivity index is 1.45. The van der Waals surface area contributed by atoms with Crippen molar-refractivity contribution in [2.24, 2.45) is 0 Å². The molecule has 0 spiro atoms. The first-order valence-electron chi connectivity index (χ1n) is 11.8. The Hall–Kier alpha value is -4.04. The molecule has 39 heavy (non-hydrogen) atoms. The van der Waals surface area contributed by atoms with Gasteiger partial charge in [-0.15, -0.1) is 11.8 Å². The van der Waals surface area contributed by atoms with E-state index in [1.165, 1.54) is 11.8 Å². The number of rotatable bonds is 9. The summed E-state index contributed by atoms with van der Waals surface area (Å²) in [6.07, 6.45) is 1.56. The summed E-state index contributed by atoms with van der Waals surface area (Å²) in [5.41, 5.74) is 2.28. The molecule has 196 valence electrons. The first-order valence-corrected chi connectivity index (χ1v) is 13.5. The van der Waals surface area contributed by atoms with Gasteiger partial charge in [0.1, 0.15) is 5.70 Å². The van der Waals surface area contributed by atoms with Crippen LogP contribution in [0, 0.1) is 0 Å². The number of anilines is 2. The number of thioether (sulfide) groups is 1. The van der Waals surface area contributed by atoms with Crippen molar-refractivity contribution in [2.45, 2.75) is 4.90 Å². The van der Waals surface area contributed by atoms with E-state index in [9.17, 15) is 14.4 Å². The van der Waals surface area contributed by atoms with Gasteiger partial charge in [0.15, 0.2) is 0 Å². The van der Waals surface area contributed by atoms with Gasteiger partial charge >= 0.3 is 0 Å². The summed E-state index contributed by atoms with van der Waals surface area (Å²) in [5, 5.41) is 9.44. The second-order valence-corrected chi connectivity index (χ2v) is 10.2. The first-order chi connectivity index (χ1) is 18.9. The van der Waals surface area contributed by atoms with E-state index < -0.39 is 11.8 Å². The number of carbonyl (C=O) groups is 3. The normalized spacial score (nSPS) is 11.0. The van der Waals surface area contributed by atoms with Crippen molar-refractivity contribution in [1.29, 1.82) is 0 Å². The molecule has 0 aliphatic carbocycles. The molecule has 0 saturated carbocycles. The predicted molar refractivity (Wildman–Crippen MR) is 159 cm³/mol. The van der Waals surface area contributed by atoms with Crippen LogP contribution in [0.1, 0.15) is 15.9 Å². The number of halogens is 2. The molecule has 4 aromatic rings. The summed E-state index contributed by atoms with van der Waals surface area (Å²) in [6, 6.07) is 29.5. The van der Waals surface area contributed by atoms with Gasteiger partial charge in [-0.1, -0.05) is 59.6 Å². The molecular formula is C30H23Cl2N3O3S. The molecule has 0 fully saturated rings. The van der Waals surface area contributed by atoms with Crippen molar-refractivity contribution in [3.63, 3.8) is 0 Å². The number of hydrogen-bond donors (Lipinski definition) is 3. The first kappa shape index (κ1) is 28.0. The molecule has 6 nitrogen and oxygen atoms in total. The van der Waals surface area contributed by atoms with Crippen LogP contribution in [-0.2, 0) is 9.59 Å². The third kappa shape index (κ3) is 8.75. The minimum Gasteiger partial charge on any atom is -0.325 e. The fourth-order valence-electron chi connectivity index (χ4n) is 3.45. The van der Waals surface area contributed by atoms with Gasteiger partial charge in [-0.3, -0.25) is 14.4 Å². The minimum absolute atomic E-state index is 0.0477. The van der Waals surface area contributed by atoms with Gasteiger partial charge in [-0.05, 0) is 78.4 Å². The van der Waals surface area contributed by atoms with Crippen LogP contribution in [0.5, 0.6) is 0 Å². The second-order valence-electron chi connectivity index (χ2n) is 8.26. The van der Waals surface area contributed by atoms with E-state index in [4.69, 9.17) is 23.2 Å². The molecule has 9 heteroatoms. The van der Waals surface area contributed by atoms with Crippen LogP contribution in [0.25, 0.3) is 6.08 Å². The monoisotopic (exact) mass is 575 g/mol. The number of carbonyl (C=O) groups excluding carboxylic acids is 3. The summed E-state index contributed by atoms with van der Waals surface area (Å²) in [5.74, 6) is -0.934. The van der Waals surface area contributed by atoms with Crippen LogP contribution >= 0.6 is 35.0 Å². The molecule has 4 rings (SSSR count). The Kier molecular flexibility index (Phi) is 9.80. The number of hydrogen-bond acceptors (Lipinski definition) is 4. The summed E-state index contributed by atoms with van der Waals surface area (Å²) >= 11 is 13.3. The maximum Gasteiger partial charge on any atom is 0.272 e. The molecular weight excluding hydrogens is 553 g/mol. The molecule has 0 atom stereocenters. The average Bonchev–Trinajstić information content (AvgIpc) is 2.93. The zero-order valence-electron chi connectivity index (χ0n) is 20.5. The molecule has 0 aromatic heterocycles. The molecule has 0 saturated heterocycles. The molecule has 0 bridgehead atoms. The highest BCUT2D eigenvalue weighted by Crippen LogP contribution is 2.23. The van der Waals surface area contributed by atoms with Crippen LogP contribution in [0.15, 0.2) is 114 Å². The molecule has 0 aliphatic rings. The lowest BCUT2D eigenvalue weighted by atomic mass is 10.1. The summed E-state index contributed by atoms with van der Waals surface area (Å²) in [6.45, 7) is 0. The van der Waals surface area contributed by atoms with E-state index >= 15 is 0 Å². The van der Waals surface area contributed by atoms with Crippen LogP contribution in [0.4, 0.5) is 11.4 Å². The molecule has 3 N–H and O–H groups in total. The zero-order valence-corrected chi connectivity index (χ0v) is 22.8. The zero-order chi connectivity index (χ0) is 27.6. The van der Waals surface area contributed by atoms with E-state index in [-0.39, 0.29) is 17.4 Å². The molecule has 0 heterocycles. The van der Waals surface area contributed by atoms with Crippen molar-refractivity contribution in [3.05, 3.63) is 130 Å². The smallest absolute Gasteiger partial charge is 0.272 e. The minimum atomic E-state index is -0.512. The van der Waals surface area contributed by atoms with Crippen LogP contribution in [0.2, 0.25) is 10.0 Å². The number of nitrogens with one attached hydrogen (secondary N) is 3. The topological polar surface area (TPSA) is 87.3 Å². The quantitative estimate of drug-likeness (QED) is 0.146. The highest BCUT2D eigenvalue weighted by atomic mass is 35.5. The van der Waals surface area contributed by atoms with Crippen molar-refractivity contribution in [2.75, 3.05) is 16.4 Å². The fraction of sp³-hybridized carbons (Fsp3) is 0.0333. The van der Waals surface area contributed by atoms with Crippen LogP contribution < -0.4 is 16.0 Å². The van der Waals surface area contributed by atoms with E-state index in [1.54, 1.807) is 103 Å². The lowest BCUT2D eigenvalue weighted by Gasteiger charge is -2.12. The van der Waals surface area contributed by atoms with Crippen LogP contribution in [0.3, 0.4) is 0 Å². The Morgan fingerprint density at radius 3 is 2.21 bits per heavy atom. The maximum atomic E-state index is 13.3. The van der Waals surface area contributed by atoms with Crippen molar-refractivity contribution in [3.8, 4) is 0 Å². The highest BCUT2D eigenvalue weighted by molar-refractivity contribution is 8.00. The van der Waals surface area contributed by atoms with Crippen LogP contribution in [-0.4, -0.2) is 23.5 Å². The van der Waals surface area contributed by atoms with Gasteiger partial charge in [0.25, 0.3) is 11.8 Å². The number of benzene rings is 4. The fourth-order valence-corrected chi connectivity index (χ4v) is 4.53. The maximum absolute atomic E-state index is 13.3. The molecule has 0 aliphatic heterocycles. The van der Waals surface area contributed by atoms with Gasteiger partial charge in [0.2, 0.25) is 5.91 Å². The van der Waals surface area contributed by atoms with Crippen molar-refractivity contribution in [1.82, 2.24) is 5.32 Å². The largest absolute Gasteiger partial charge is 0.325 e. The van der Waals surface area contributed by atoms with Crippen molar-refractivity contribution < 1.29 is 14.4 Å². The summed E-state index contributed by atoms with van der Waals surface area (Å²) in [4.78, 5) is 39.2. The van der Waals surface area contributed by atoms with Gasteiger partial charge in [0.05, 0.1) is 5.75 Å². The Morgan fingerprint density at radius 1 is 0.718 bits per heavy atom. The van der Waals surface area contributed by atoms with Gasteiger partial charge in [-0.2, -0.15) is 0 Å².